The highest BCUT2D eigenvalue weighted by Gasteiger charge is 2.24. The van der Waals surface area contributed by atoms with E-state index in [0.717, 1.165) is 5.56 Å². The minimum atomic E-state index is -0.624. The molecule has 2 aromatic carbocycles. The second-order valence-electron chi connectivity index (χ2n) is 7.15. The van der Waals surface area contributed by atoms with Gasteiger partial charge in [0.2, 0.25) is 11.2 Å². The quantitative estimate of drug-likeness (QED) is 0.498. The van der Waals surface area contributed by atoms with Gasteiger partial charge in [-0.1, -0.05) is 12.1 Å². The van der Waals surface area contributed by atoms with Gasteiger partial charge in [-0.25, -0.2) is 0 Å². The lowest BCUT2D eigenvalue weighted by atomic mass is 9.97. The molecule has 0 amide bonds. The van der Waals surface area contributed by atoms with E-state index in [4.69, 9.17) is 13.9 Å². The van der Waals surface area contributed by atoms with Crippen LogP contribution in [-0.4, -0.2) is 5.97 Å². The molecule has 1 aromatic heterocycles. The highest BCUT2D eigenvalue weighted by Crippen LogP contribution is 2.26. The molecule has 0 atom stereocenters. The molecule has 3 rings (SSSR count). The second-order valence-corrected chi connectivity index (χ2v) is 7.15. The van der Waals surface area contributed by atoms with Gasteiger partial charge < -0.3 is 13.9 Å². The minimum Gasteiger partial charge on any atom is -0.460 e. The lowest BCUT2D eigenvalue weighted by Crippen LogP contribution is -2.25. The number of ether oxygens (including phenoxy) is 2. The van der Waals surface area contributed by atoms with Crippen LogP contribution in [0.4, 0.5) is 0 Å². The molecule has 0 N–H and O–H groups in total. The van der Waals surface area contributed by atoms with Gasteiger partial charge in [0.15, 0.2) is 0 Å². The Hall–Kier alpha value is -3.08. The normalized spacial score (nSPS) is 11.4. The van der Waals surface area contributed by atoms with E-state index in [-0.39, 0.29) is 17.1 Å². The molecule has 0 aliphatic carbocycles. The fourth-order valence-corrected chi connectivity index (χ4v) is 2.29. The van der Waals surface area contributed by atoms with Gasteiger partial charge in [-0.3, -0.25) is 9.59 Å². The largest absolute Gasteiger partial charge is 0.460 e. The number of carbonyl (C=O) groups is 1. The van der Waals surface area contributed by atoms with Gasteiger partial charge in [0.05, 0.1) is 10.8 Å². The molecule has 26 heavy (non-hydrogen) atoms. The first kappa shape index (κ1) is 17.7. The number of carbonyl (C=O) groups excluding carboxylic acids is 1. The average molecular weight is 352 g/mol. The van der Waals surface area contributed by atoms with E-state index in [1.165, 1.54) is 12.3 Å². The summed E-state index contributed by atoms with van der Waals surface area (Å²) in [5, 5.41) is 0.353. The van der Waals surface area contributed by atoms with E-state index in [2.05, 4.69) is 0 Å². The first-order valence-electron chi connectivity index (χ1n) is 8.26. The topological polar surface area (TPSA) is 65.7 Å². The number of esters is 1. The molecular weight excluding hydrogens is 332 g/mol. The zero-order valence-electron chi connectivity index (χ0n) is 15.2. The van der Waals surface area contributed by atoms with Crippen LogP contribution in [0.5, 0.6) is 17.2 Å². The molecule has 0 saturated carbocycles. The van der Waals surface area contributed by atoms with E-state index in [1.54, 1.807) is 39.0 Å². The second kappa shape index (κ2) is 6.67. The molecule has 5 heteroatoms. The van der Waals surface area contributed by atoms with E-state index in [9.17, 15) is 9.59 Å². The third-order valence-corrected chi connectivity index (χ3v) is 3.75. The van der Waals surface area contributed by atoms with Crippen LogP contribution in [-0.2, 0) is 4.79 Å². The van der Waals surface area contributed by atoms with Crippen molar-refractivity contribution in [2.24, 2.45) is 5.41 Å². The number of hydrogen-bond acceptors (Lipinski definition) is 5. The molecule has 0 aliphatic rings. The van der Waals surface area contributed by atoms with E-state index >= 15 is 0 Å². The van der Waals surface area contributed by atoms with Gasteiger partial charge in [-0.2, -0.15) is 0 Å². The fourth-order valence-electron chi connectivity index (χ4n) is 2.29. The third-order valence-electron chi connectivity index (χ3n) is 3.75. The maximum Gasteiger partial charge on any atom is 0.316 e. The SMILES string of the molecule is Cc1cccc(Oc2coc3cc(OC(=O)C(C)(C)C)ccc3c2=O)c1. The van der Waals surface area contributed by atoms with Crippen LogP contribution in [0.2, 0.25) is 0 Å². The molecule has 5 nitrogen and oxygen atoms in total. The molecular formula is C21H20O5. The Balaban J connectivity index is 1.91. The van der Waals surface area contributed by atoms with Crippen molar-refractivity contribution < 1.29 is 18.7 Å². The van der Waals surface area contributed by atoms with Crippen LogP contribution in [0.25, 0.3) is 11.0 Å². The van der Waals surface area contributed by atoms with Gasteiger partial charge in [0.25, 0.3) is 0 Å². The Morgan fingerprint density at radius 1 is 1.04 bits per heavy atom. The first-order valence-corrected chi connectivity index (χ1v) is 8.26. The van der Waals surface area contributed by atoms with E-state index in [0.29, 0.717) is 22.5 Å². The van der Waals surface area contributed by atoms with Crippen LogP contribution in [0.15, 0.2) is 57.9 Å². The van der Waals surface area contributed by atoms with Crippen LogP contribution in [0.1, 0.15) is 26.3 Å². The van der Waals surface area contributed by atoms with Crippen molar-refractivity contribution in [3.63, 3.8) is 0 Å². The summed E-state index contributed by atoms with van der Waals surface area (Å²) in [5.74, 6) is 0.626. The Morgan fingerprint density at radius 3 is 2.50 bits per heavy atom. The Kier molecular flexibility index (Phi) is 4.55. The molecule has 0 bridgehead atoms. The van der Waals surface area contributed by atoms with Crippen molar-refractivity contribution >= 4 is 16.9 Å². The van der Waals surface area contributed by atoms with E-state index in [1.807, 2.05) is 25.1 Å². The van der Waals surface area contributed by atoms with E-state index < -0.39 is 5.41 Å². The Labute approximate surface area is 151 Å². The molecule has 0 spiro atoms. The Morgan fingerprint density at radius 2 is 1.81 bits per heavy atom. The summed E-state index contributed by atoms with van der Waals surface area (Å²) >= 11 is 0. The van der Waals surface area contributed by atoms with Crippen molar-refractivity contribution in [1.29, 1.82) is 0 Å². The van der Waals surface area contributed by atoms with Crippen LogP contribution < -0.4 is 14.9 Å². The summed E-state index contributed by atoms with van der Waals surface area (Å²) in [6, 6.07) is 12.1. The molecule has 0 fully saturated rings. The number of hydrogen-bond donors (Lipinski definition) is 0. The van der Waals surface area contributed by atoms with Crippen LogP contribution in [0, 0.1) is 12.3 Å². The van der Waals surface area contributed by atoms with Crippen molar-refractivity contribution in [2.75, 3.05) is 0 Å². The smallest absolute Gasteiger partial charge is 0.316 e. The number of benzene rings is 2. The number of fused-ring (bicyclic) bond motifs is 1. The fraction of sp³-hybridized carbons (Fsp3) is 0.238. The molecule has 0 radical (unpaired) electrons. The maximum absolute atomic E-state index is 12.6. The average Bonchev–Trinajstić information content (AvgIpc) is 2.57. The summed E-state index contributed by atoms with van der Waals surface area (Å²) < 4.78 is 16.5. The van der Waals surface area contributed by atoms with Crippen molar-refractivity contribution in [3.05, 3.63) is 64.5 Å². The first-order chi connectivity index (χ1) is 12.2. The molecule has 0 aliphatic heterocycles. The molecule has 0 saturated heterocycles. The monoisotopic (exact) mass is 352 g/mol. The zero-order valence-corrected chi connectivity index (χ0v) is 15.2. The predicted molar refractivity (Wildman–Crippen MR) is 98.8 cm³/mol. The maximum atomic E-state index is 12.6. The summed E-state index contributed by atoms with van der Waals surface area (Å²) in [5.41, 5.74) is 0.437. The minimum absolute atomic E-state index is 0.0996. The molecule has 0 unspecified atom stereocenters. The van der Waals surface area contributed by atoms with Gasteiger partial charge in [0, 0.05) is 6.07 Å². The Bertz CT molecular complexity index is 1020. The van der Waals surface area contributed by atoms with Crippen LogP contribution in [0.3, 0.4) is 0 Å². The van der Waals surface area contributed by atoms with Crippen LogP contribution >= 0.6 is 0 Å². The summed E-state index contributed by atoms with van der Waals surface area (Å²) in [4.78, 5) is 24.6. The molecule has 1 heterocycles. The summed E-state index contributed by atoms with van der Waals surface area (Å²) in [6.45, 7) is 7.25. The lowest BCUT2D eigenvalue weighted by molar-refractivity contribution is -0.142. The molecule has 3 aromatic rings. The summed E-state index contributed by atoms with van der Waals surface area (Å²) in [7, 11) is 0. The van der Waals surface area contributed by atoms with Crippen molar-refractivity contribution in [2.45, 2.75) is 27.7 Å². The standard InChI is InChI=1S/C21H20O5/c1-13-6-5-7-14(10-13)25-18-12-24-17-11-15(8-9-16(17)19(18)22)26-20(23)21(2,3)4/h5-12H,1-4H3. The number of aryl methyl sites for hydroxylation is 1. The van der Waals surface area contributed by atoms with Crippen molar-refractivity contribution in [1.82, 2.24) is 0 Å². The van der Waals surface area contributed by atoms with Gasteiger partial charge >= 0.3 is 5.97 Å². The van der Waals surface area contributed by atoms with Gasteiger partial charge in [-0.05, 0) is 57.5 Å². The van der Waals surface area contributed by atoms with Gasteiger partial charge in [-0.15, -0.1) is 0 Å². The zero-order chi connectivity index (χ0) is 18.9. The predicted octanol–water partition coefficient (Wildman–Crippen LogP) is 4.85. The highest BCUT2D eigenvalue weighted by molar-refractivity contribution is 5.82. The third kappa shape index (κ3) is 3.77. The van der Waals surface area contributed by atoms with Crippen molar-refractivity contribution in [3.8, 4) is 17.2 Å². The highest BCUT2D eigenvalue weighted by atomic mass is 16.5. The summed E-state index contributed by atoms with van der Waals surface area (Å²) in [6.07, 6.45) is 1.27. The lowest BCUT2D eigenvalue weighted by Gasteiger charge is -2.16. The molecule has 134 valence electrons. The van der Waals surface area contributed by atoms with Gasteiger partial charge in [0.1, 0.15) is 23.3 Å². The number of rotatable bonds is 3.